The highest BCUT2D eigenvalue weighted by atomic mass is 31.2. The standard InChI is InChI=1S/C11H13N2O7P/c1-2-7-5-13(11(15)12-10(7)14)9-4-3-8(20-9)6-19-21(16,17)18/h1,5,8-9,16-18H,3-4,6H2/p+1. The van der Waals surface area contributed by atoms with Gasteiger partial charge in [0.25, 0.3) is 5.56 Å². The first kappa shape index (κ1) is 15.9. The van der Waals surface area contributed by atoms with Gasteiger partial charge in [0.05, 0.1) is 6.10 Å². The molecule has 1 saturated heterocycles. The van der Waals surface area contributed by atoms with Gasteiger partial charge in [0.2, 0.25) is 0 Å². The van der Waals surface area contributed by atoms with Crippen LogP contribution >= 0.6 is 8.17 Å². The number of hydrogen-bond acceptors (Lipinski definition) is 7. The van der Waals surface area contributed by atoms with Gasteiger partial charge in [-0.25, -0.2) is 4.79 Å². The molecule has 114 valence electrons. The van der Waals surface area contributed by atoms with Crippen molar-refractivity contribution in [2.75, 3.05) is 6.61 Å². The second-order valence-corrected chi connectivity index (χ2v) is 5.74. The highest BCUT2D eigenvalue weighted by molar-refractivity contribution is 7.53. The lowest BCUT2D eigenvalue weighted by molar-refractivity contribution is -0.0271. The molecular formula is C11H14N2O7P+. The van der Waals surface area contributed by atoms with Gasteiger partial charge in [-0.3, -0.25) is 14.3 Å². The molecule has 1 aromatic heterocycles. The molecule has 0 spiro atoms. The number of ether oxygens (including phenoxy) is 1. The van der Waals surface area contributed by atoms with E-state index in [-0.39, 0.29) is 12.2 Å². The molecule has 1 aliphatic rings. The van der Waals surface area contributed by atoms with Crippen LogP contribution in [0.4, 0.5) is 0 Å². The van der Waals surface area contributed by atoms with Crippen LogP contribution in [0.1, 0.15) is 24.6 Å². The van der Waals surface area contributed by atoms with Gasteiger partial charge in [0.1, 0.15) is 18.4 Å². The Bertz CT molecular complexity index is 669. The summed E-state index contributed by atoms with van der Waals surface area (Å²) in [7, 11) is -4.31. The molecule has 0 aliphatic carbocycles. The first-order chi connectivity index (χ1) is 9.80. The Hall–Kier alpha value is -1.53. The normalized spacial score (nSPS) is 22.2. The van der Waals surface area contributed by atoms with E-state index >= 15 is 0 Å². The average Bonchev–Trinajstić information content (AvgIpc) is 2.84. The molecule has 0 bridgehead atoms. The molecule has 2 atom stereocenters. The molecule has 1 fully saturated rings. The summed E-state index contributed by atoms with van der Waals surface area (Å²) in [6.45, 7) is -0.228. The zero-order valence-corrected chi connectivity index (χ0v) is 11.7. The van der Waals surface area contributed by atoms with Crippen molar-refractivity contribution in [1.29, 1.82) is 0 Å². The molecule has 4 N–H and O–H groups in total. The molecule has 2 heterocycles. The van der Waals surface area contributed by atoms with Crippen LogP contribution in [0.15, 0.2) is 15.8 Å². The van der Waals surface area contributed by atoms with E-state index in [4.69, 9.17) is 25.8 Å². The summed E-state index contributed by atoms with van der Waals surface area (Å²) >= 11 is 0. The number of H-pyrrole nitrogens is 1. The van der Waals surface area contributed by atoms with Crippen molar-refractivity contribution in [2.45, 2.75) is 25.2 Å². The lowest BCUT2D eigenvalue weighted by atomic mass is 10.2. The fourth-order valence-corrected chi connectivity index (χ4v) is 2.37. The number of nitrogens with one attached hydrogen (secondary N) is 1. The molecule has 0 saturated carbocycles. The Morgan fingerprint density at radius 1 is 1.48 bits per heavy atom. The number of nitrogens with zero attached hydrogens (tertiary/aromatic N) is 1. The molecule has 21 heavy (non-hydrogen) atoms. The predicted molar refractivity (Wildman–Crippen MR) is 71.9 cm³/mol. The van der Waals surface area contributed by atoms with E-state index in [9.17, 15) is 9.59 Å². The summed E-state index contributed by atoms with van der Waals surface area (Å²) in [4.78, 5) is 51.4. The zero-order chi connectivity index (χ0) is 15.6. The summed E-state index contributed by atoms with van der Waals surface area (Å²) in [5, 5.41) is 0. The highest BCUT2D eigenvalue weighted by Gasteiger charge is 2.37. The van der Waals surface area contributed by atoms with Crippen LogP contribution in [0, 0.1) is 12.3 Å². The maximum atomic E-state index is 11.7. The van der Waals surface area contributed by atoms with Gasteiger partial charge in [-0.05, 0) is 12.8 Å². The summed E-state index contributed by atoms with van der Waals surface area (Å²) in [5.41, 5.74) is -1.30. The van der Waals surface area contributed by atoms with Gasteiger partial charge in [0.15, 0.2) is 0 Å². The third kappa shape index (κ3) is 3.98. The maximum absolute atomic E-state index is 11.7. The van der Waals surface area contributed by atoms with Gasteiger partial charge < -0.3 is 4.74 Å². The maximum Gasteiger partial charge on any atom is 0.567 e. The van der Waals surface area contributed by atoms with Gasteiger partial charge in [-0.2, -0.15) is 19.2 Å². The predicted octanol–water partition coefficient (Wildman–Crippen LogP) is -1.13. The van der Waals surface area contributed by atoms with Crippen LogP contribution in [0.2, 0.25) is 0 Å². The number of aromatic amines is 1. The highest BCUT2D eigenvalue weighted by Crippen LogP contribution is 2.46. The summed E-state index contributed by atoms with van der Waals surface area (Å²) in [6, 6.07) is 0. The van der Waals surface area contributed by atoms with E-state index in [0.717, 1.165) is 4.57 Å². The Morgan fingerprint density at radius 2 is 2.19 bits per heavy atom. The van der Waals surface area contributed by atoms with E-state index in [1.807, 2.05) is 0 Å². The van der Waals surface area contributed by atoms with Crippen LogP contribution < -0.4 is 11.2 Å². The molecule has 0 aromatic carbocycles. The third-order valence-electron chi connectivity index (χ3n) is 2.95. The minimum absolute atomic E-state index is 0.00363. The SMILES string of the molecule is C#Cc1cn(C2CCC(CO[P+](O)(O)O)O2)c(=O)[nH]c1=O. The molecule has 2 unspecified atom stereocenters. The van der Waals surface area contributed by atoms with Crippen LogP contribution in [0.3, 0.4) is 0 Å². The molecule has 0 amide bonds. The van der Waals surface area contributed by atoms with Crippen LogP contribution in [0.25, 0.3) is 0 Å². The third-order valence-corrected chi connectivity index (χ3v) is 3.45. The lowest BCUT2D eigenvalue weighted by Gasteiger charge is -2.15. The van der Waals surface area contributed by atoms with E-state index < -0.39 is 31.8 Å². The topological polar surface area (TPSA) is 134 Å². The summed E-state index contributed by atoms with van der Waals surface area (Å²) in [6.07, 6.45) is 6.14. The van der Waals surface area contributed by atoms with Crippen LogP contribution in [-0.4, -0.2) is 36.9 Å². The lowest BCUT2D eigenvalue weighted by Crippen LogP contribution is -2.33. The quantitative estimate of drug-likeness (QED) is 0.407. The van der Waals surface area contributed by atoms with Crippen molar-refractivity contribution < 1.29 is 23.9 Å². The molecule has 1 aliphatic heterocycles. The van der Waals surface area contributed by atoms with E-state index in [1.54, 1.807) is 0 Å². The van der Waals surface area contributed by atoms with Crippen molar-refractivity contribution in [3.05, 3.63) is 32.6 Å². The first-order valence-electron chi connectivity index (χ1n) is 5.99. The van der Waals surface area contributed by atoms with E-state index in [1.165, 1.54) is 6.20 Å². The second-order valence-electron chi connectivity index (χ2n) is 4.45. The molecule has 9 nitrogen and oxygen atoms in total. The van der Waals surface area contributed by atoms with Crippen molar-refractivity contribution in [2.24, 2.45) is 0 Å². The van der Waals surface area contributed by atoms with Crippen molar-refractivity contribution in [1.82, 2.24) is 9.55 Å². The largest absolute Gasteiger partial charge is 0.567 e. The Kier molecular flexibility index (Phi) is 4.58. The average molecular weight is 317 g/mol. The molecule has 2 rings (SSSR count). The first-order valence-corrected chi connectivity index (χ1v) is 7.56. The van der Waals surface area contributed by atoms with Crippen molar-refractivity contribution >= 4 is 8.17 Å². The molecule has 1 aromatic rings. The smallest absolute Gasteiger partial charge is 0.352 e. The summed E-state index contributed by atoms with van der Waals surface area (Å²) < 4.78 is 11.1. The van der Waals surface area contributed by atoms with E-state index in [2.05, 4.69) is 15.4 Å². The minimum Gasteiger partial charge on any atom is -0.352 e. The number of rotatable bonds is 4. The van der Waals surface area contributed by atoms with Gasteiger partial charge in [-0.15, -0.1) is 6.42 Å². The van der Waals surface area contributed by atoms with Crippen molar-refractivity contribution in [3.63, 3.8) is 0 Å². The van der Waals surface area contributed by atoms with Gasteiger partial charge in [0, 0.05) is 6.20 Å². The Labute approximate surface area is 119 Å². The molecule has 10 heteroatoms. The Morgan fingerprint density at radius 3 is 2.81 bits per heavy atom. The minimum atomic E-state index is -4.31. The zero-order valence-electron chi connectivity index (χ0n) is 10.8. The van der Waals surface area contributed by atoms with Gasteiger partial charge >= 0.3 is 13.9 Å². The fraction of sp³-hybridized carbons (Fsp3) is 0.455. The Balaban J connectivity index is 2.10. The number of hydrogen-bond donors (Lipinski definition) is 4. The molecule has 0 radical (unpaired) electrons. The van der Waals surface area contributed by atoms with Crippen LogP contribution in [-0.2, 0) is 9.26 Å². The number of aromatic nitrogens is 2. The molecular weight excluding hydrogens is 303 g/mol. The van der Waals surface area contributed by atoms with E-state index in [0.29, 0.717) is 12.8 Å². The number of terminal acetylenes is 1. The van der Waals surface area contributed by atoms with Crippen molar-refractivity contribution in [3.8, 4) is 12.3 Å². The summed E-state index contributed by atoms with van der Waals surface area (Å²) in [5.74, 6) is 2.16. The van der Waals surface area contributed by atoms with Gasteiger partial charge in [-0.1, -0.05) is 5.92 Å². The van der Waals surface area contributed by atoms with Crippen LogP contribution in [0.5, 0.6) is 0 Å². The monoisotopic (exact) mass is 317 g/mol. The fourth-order valence-electron chi connectivity index (χ4n) is 2.00. The second kappa shape index (κ2) is 6.07.